The van der Waals surface area contributed by atoms with Gasteiger partial charge in [0.05, 0.1) is 5.60 Å². The predicted octanol–water partition coefficient (Wildman–Crippen LogP) is -0.222. The van der Waals surface area contributed by atoms with E-state index >= 15 is 0 Å². The van der Waals surface area contributed by atoms with E-state index in [0.717, 1.165) is 0 Å². The Morgan fingerprint density at radius 2 is 2.24 bits per heavy atom. The van der Waals surface area contributed by atoms with Gasteiger partial charge in [0.15, 0.2) is 5.84 Å². The fourth-order valence-corrected chi connectivity index (χ4v) is 1.38. The van der Waals surface area contributed by atoms with Crippen LogP contribution in [0.5, 0.6) is 0 Å². The van der Waals surface area contributed by atoms with E-state index in [4.69, 9.17) is 10.9 Å². The second-order valence-corrected chi connectivity index (χ2v) is 4.40. The van der Waals surface area contributed by atoms with Crippen LogP contribution in [0.1, 0.15) is 19.5 Å². The van der Waals surface area contributed by atoms with Crippen molar-refractivity contribution in [3.8, 4) is 0 Å². The quantitative estimate of drug-likeness (QED) is 0.290. The molecule has 1 heterocycles. The minimum Gasteiger partial charge on any atom is -0.409 e. The lowest BCUT2D eigenvalue weighted by Crippen LogP contribution is -2.37. The summed E-state index contributed by atoms with van der Waals surface area (Å²) >= 11 is 0. The summed E-state index contributed by atoms with van der Waals surface area (Å²) in [5, 5.41) is 21.1. The van der Waals surface area contributed by atoms with Gasteiger partial charge in [-0.2, -0.15) is 0 Å². The van der Waals surface area contributed by atoms with E-state index in [0.29, 0.717) is 18.2 Å². The molecule has 4 N–H and O–H groups in total. The molecule has 7 heteroatoms. The van der Waals surface area contributed by atoms with Crippen LogP contribution in [-0.4, -0.2) is 45.3 Å². The maximum Gasteiger partial charge on any atom is 0.225 e. The van der Waals surface area contributed by atoms with E-state index in [9.17, 15) is 5.11 Å². The summed E-state index contributed by atoms with van der Waals surface area (Å²) in [5.74, 6) is 0.321. The Bertz CT molecular complexity index is 413. The van der Waals surface area contributed by atoms with Gasteiger partial charge in [-0.15, -0.1) is 0 Å². The van der Waals surface area contributed by atoms with E-state index in [1.165, 1.54) is 12.3 Å². The molecular weight excluding hydrogens is 222 g/mol. The Hall–Kier alpha value is -1.89. The number of aliphatic hydroxyl groups is 1. The minimum atomic E-state index is -0.856. The van der Waals surface area contributed by atoms with E-state index in [2.05, 4.69) is 15.1 Å². The Labute approximate surface area is 99.6 Å². The van der Waals surface area contributed by atoms with Crippen molar-refractivity contribution in [3.63, 3.8) is 0 Å². The maximum absolute atomic E-state index is 9.69. The van der Waals surface area contributed by atoms with Crippen molar-refractivity contribution < 1.29 is 10.3 Å². The van der Waals surface area contributed by atoms with Gasteiger partial charge in [-0.25, -0.2) is 9.97 Å². The molecule has 0 aliphatic carbocycles. The van der Waals surface area contributed by atoms with Crippen molar-refractivity contribution in [1.82, 2.24) is 9.97 Å². The molecule has 1 aromatic rings. The van der Waals surface area contributed by atoms with Crippen LogP contribution in [-0.2, 0) is 0 Å². The molecule has 0 unspecified atom stereocenters. The first-order valence-electron chi connectivity index (χ1n) is 5.08. The largest absolute Gasteiger partial charge is 0.409 e. The van der Waals surface area contributed by atoms with Gasteiger partial charge < -0.3 is 20.9 Å². The molecule has 0 spiro atoms. The zero-order valence-corrected chi connectivity index (χ0v) is 10.1. The van der Waals surface area contributed by atoms with Gasteiger partial charge in [0, 0.05) is 19.8 Å². The molecule has 0 radical (unpaired) electrons. The number of rotatable bonds is 4. The van der Waals surface area contributed by atoms with Crippen LogP contribution >= 0.6 is 0 Å². The molecule has 0 aromatic carbocycles. The highest BCUT2D eigenvalue weighted by Crippen LogP contribution is 2.10. The van der Waals surface area contributed by atoms with Crippen LogP contribution in [0.4, 0.5) is 5.95 Å². The molecule has 1 rings (SSSR count). The summed E-state index contributed by atoms with van der Waals surface area (Å²) in [6.07, 6.45) is 1.51. The molecule has 7 nitrogen and oxygen atoms in total. The van der Waals surface area contributed by atoms with Gasteiger partial charge in [0.1, 0.15) is 5.69 Å². The minimum absolute atomic E-state index is 0.0784. The van der Waals surface area contributed by atoms with E-state index in [1.54, 1.807) is 25.8 Å². The summed E-state index contributed by atoms with van der Waals surface area (Å²) in [6, 6.07) is 1.54. The van der Waals surface area contributed by atoms with Crippen molar-refractivity contribution in [2.45, 2.75) is 19.4 Å². The fourth-order valence-electron chi connectivity index (χ4n) is 1.38. The highest BCUT2D eigenvalue weighted by molar-refractivity contribution is 5.95. The molecular formula is C10H17N5O2. The lowest BCUT2D eigenvalue weighted by atomic mass is 10.1. The summed E-state index contributed by atoms with van der Waals surface area (Å²) in [7, 11) is 1.75. The standard InChI is InChI=1S/C10H17N5O2/c1-10(2,16)6-15(3)9-12-5-4-7(13-9)8(11)14-17/h4-5,16-17H,6H2,1-3H3,(H2,11,14). The molecule has 0 amide bonds. The molecule has 0 atom stereocenters. The molecule has 17 heavy (non-hydrogen) atoms. The Kier molecular flexibility index (Phi) is 3.84. The number of likely N-dealkylation sites (N-methyl/N-ethyl adjacent to an activating group) is 1. The topological polar surface area (TPSA) is 108 Å². The first kappa shape index (κ1) is 13.2. The number of nitrogens with zero attached hydrogens (tertiary/aromatic N) is 4. The van der Waals surface area contributed by atoms with Crippen molar-refractivity contribution in [2.24, 2.45) is 10.9 Å². The first-order chi connectivity index (χ1) is 7.83. The molecule has 0 aliphatic heterocycles. The Balaban J connectivity index is 2.92. The van der Waals surface area contributed by atoms with Crippen molar-refractivity contribution in [1.29, 1.82) is 0 Å². The third-order valence-corrected chi connectivity index (χ3v) is 1.98. The van der Waals surface area contributed by atoms with Crippen LogP contribution in [0, 0.1) is 0 Å². The van der Waals surface area contributed by atoms with Crippen molar-refractivity contribution in [3.05, 3.63) is 18.0 Å². The summed E-state index contributed by atoms with van der Waals surface area (Å²) in [6.45, 7) is 3.75. The average Bonchev–Trinajstić information content (AvgIpc) is 2.26. The van der Waals surface area contributed by atoms with Gasteiger partial charge in [-0.05, 0) is 19.9 Å². The normalized spacial score (nSPS) is 12.6. The first-order valence-corrected chi connectivity index (χ1v) is 5.08. The number of oxime groups is 1. The number of aromatic nitrogens is 2. The van der Waals surface area contributed by atoms with Gasteiger partial charge in [-0.3, -0.25) is 0 Å². The van der Waals surface area contributed by atoms with Gasteiger partial charge >= 0.3 is 0 Å². The Morgan fingerprint density at radius 3 is 2.76 bits per heavy atom. The maximum atomic E-state index is 9.69. The number of amidine groups is 1. The van der Waals surface area contributed by atoms with Gasteiger partial charge in [0.25, 0.3) is 0 Å². The molecule has 1 aromatic heterocycles. The molecule has 94 valence electrons. The lowest BCUT2D eigenvalue weighted by Gasteiger charge is -2.25. The number of nitrogens with two attached hydrogens (primary N) is 1. The monoisotopic (exact) mass is 239 g/mol. The van der Waals surface area contributed by atoms with Crippen LogP contribution in [0.2, 0.25) is 0 Å². The highest BCUT2D eigenvalue weighted by Gasteiger charge is 2.17. The molecule has 0 saturated heterocycles. The molecule has 0 saturated carbocycles. The summed E-state index contributed by atoms with van der Waals surface area (Å²) in [5.41, 5.74) is 4.91. The van der Waals surface area contributed by atoms with E-state index in [1.807, 2.05) is 0 Å². The van der Waals surface area contributed by atoms with Gasteiger partial charge in [-0.1, -0.05) is 5.16 Å². The van der Waals surface area contributed by atoms with Crippen LogP contribution in [0.25, 0.3) is 0 Å². The predicted molar refractivity (Wildman–Crippen MR) is 64.1 cm³/mol. The zero-order chi connectivity index (χ0) is 13.1. The number of hydrogen-bond donors (Lipinski definition) is 3. The molecule has 0 bridgehead atoms. The van der Waals surface area contributed by atoms with Crippen molar-refractivity contribution in [2.75, 3.05) is 18.5 Å². The fraction of sp³-hybridized carbons (Fsp3) is 0.500. The average molecular weight is 239 g/mol. The molecule has 0 aliphatic rings. The van der Waals surface area contributed by atoms with Crippen LogP contribution in [0.15, 0.2) is 17.4 Å². The molecule has 0 fully saturated rings. The second kappa shape index (κ2) is 4.96. The summed E-state index contributed by atoms with van der Waals surface area (Å²) < 4.78 is 0. The smallest absolute Gasteiger partial charge is 0.225 e. The van der Waals surface area contributed by atoms with Crippen LogP contribution < -0.4 is 10.6 Å². The number of anilines is 1. The Morgan fingerprint density at radius 1 is 1.59 bits per heavy atom. The van der Waals surface area contributed by atoms with E-state index in [-0.39, 0.29) is 5.84 Å². The van der Waals surface area contributed by atoms with E-state index < -0.39 is 5.60 Å². The third-order valence-electron chi connectivity index (χ3n) is 1.98. The SMILES string of the molecule is CN(CC(C)(C)O)c1nccc(/C(N)=N/O)n1. The van der Waals surface area contributed by atoms with Gasteiger partial charge in [0.2, 0.25) is 5.95 Å². The zero-order valence-electron chi connectivity index (χ0n) is 10.1. The number of hydrogen-bond acceptors (Lipinski definition) is 6. The lowest BCUT2D eigenvalue weighted by molar-refractivity contribution is 0.0883. The van der Waals surface area contributed by atoms with Crippen LogP contribution in [0.3, 0.4) is 0 Å². The second-order valence-electron chi connectivity index (χ2n) is 4.40. The van der Waals surface area contributed by atoms with Crippen molar-refractivity contribution >= 4 is 11.8 Å². The third kappa shape index (κ3) is 3.87. The summed E-state index contributed by atoms with van der Waals surface area (Å²) in [4.78, 5) is 9.86. The highest BCUT2D eigenvalue weighted by atomic mass is 16.4.